The largest absolute Gasteiger partial charge is 0.384 e. The van der Waals surface area contributed by atoms with Crippen molar-refractivity contribution < 1.29 is 4.79 Å². The third-order valence-electron chi connectivity index (χ3n) is 3.88. The van der Waals surface area contributed by atoms with E-state index in [-0.39, 0.29) is 11.9 Å². The number of anilines is 1. The second-order valence-corrected chi connectivity index (χ2v) is 5.48. The second kappa shape index (κ2) is 6.04. The van der Waals surface area contributed by atoms with Crippen LogP contribution in [0.2, 0.25) is 0 Å². The highest BCUT2D eigenvalue weighted by Crippen LogP contribution is 2.29. The van der Waals surface area contributed by atoms with Crippen molar-refractivity contribution >= 4 is 11.7 Å². The predicted octanol–water partition coefficient (Wildman–Crippen LogP) is 2.53. The maximum Gasteiger partial charge on any atom is 0.251 e. The van der Waals surface area contributed by atoms with Crippen molar-refractivity contribution in [1.29, 1.82) is 0 Å². The lowest BCUT2D eigenvalue weighted by Gasteiger charge is -2.31. The number of carbonyl (C=O) groups is 1. The number of hydrogen-bond donors (Lipinski definition) is 2. The van der Waals surface area contributed by atoms with E-state index in [0.29, 0.717) is 17.3 Å². The highest BCUT2D eigenvalue weighted by Gasteiger charge is 2.25. The van der Waals surface area contributed by atoms with E-state index in [1.165, 1.54) is 19.3 Å². The van der Waals surface area contributed by atoms with Gasteiger partial charge in [-0.25, -0.2) is 4.98 Å². The summed E-state index contributed by atoms with van der Waals surface area (Å²) in [4.78, 5) is 16.5. The maximum atomic E-state index is 12.2. The van der Waals surface area contributed by atoms with E-state index in [1.54, 1.807) is 6.07 Å². The Bertz CT molecular complexity index is 455. The zero-order valence-corrected chi connectivity index (χ0v) is 11.8. The van der Waals surface area contributed by atoms with Crippen LogP contribution in [0.3, 0.4) is 0 Å². The van der Waals surface area contributed by atoms with Gasteiger partial charge in [-0.3, -0.25) is 4.79 Å². The van der Waals surface area contributed by atoms with Gasteiger partial charge in [0.1, 0.15) is 5.82 Å². The molecule has 0 radical (unpaired) electrons. The van der Waals surface area contributed by atoms with Crippen LogP contribution in [0.25, 0.3) is 0 Å². The molecule has 1 amide bonds. The standard InChI is InChI=1S/C15H23N3O/c1-3-5-13-8-12(9-14(16)18-13)15(19)17-10(2)11-6-4-7-11/h8-11H,3-7H2,1-2H3,(H2,16,18)(H,17,19). The van der Waals surface area contributed by atoms with E-state index < -0.39 is 0 Å². The van der Waals surface area contributed by atoms with Gasteiger partial charge in [-0.05, 0) is 44.2 Å². The van der Waals surface area contributed by atoms with Crippen LogP contribution >= 0.6 is 0 Å². The van der Waals surface area contributed by atoms with E-state index in [9.17, 15) is 4.79 Å². The van der Waals surface area contributed by atoms with E-state index in [1.807, 2.05) is 6.07 Å². The monoisotopic (exact) mass is 261 g/mol. The second-order valence-electron chi connectivity index (χ2n) is 5.48. The van der Waals surface area contributed by atoms with Gasteiger partial charge < -0.3 is 11.1 Å². The molecule has 0 aliphatic heterocycles. The zero-order chi connectivity index (χ0) is 13.8. The summed E-state index contributed by atoms with van der Waals surface area (Å²) in [7, 11) is 0. The Hall–Kier alpha value is -1.58. The fourth-order valence-corrected chi connectivity index (χ4v) is 2.47. The van der Waals surface area contributed by atoms with Crippen LogP contribution in [0, 0.1) is 5.92 Å². The molecule has 1 aromatic rings. The number of hydrogen-bond acceptors (Lipinski definition) is 3. The Morgan fingerprint density at radius 1 is 1.53 bits per heavy atom. The van der Waals surface area contributed by atoms with Crippen molar-refractivity contribution in [3.63, 3.8) is 0 Å². The summed E-state index contributed by atoms with van der Waals surface area (Å²) >= 11 is 0. The Morgan fingerprint density at radius 2 is 2.26 bits per heavy atom. The normalized spacial score (nSPS) is 16.7. The van der Waals surface area contributed by atoms with Crippen molar-refractivity contribution in [3.8, 4) is 0 Å². The minimum Gasteiger partial charge on any atom is -0.384 e. The number of nitrogens with two attached hydrogens (primary N) is 1. The molecule has 1 heterocycles. The first-order valence-corrected chi connectivity index (χ1v) is 7.17. The molecule has 104 valence electrons. The summed E-state index contributed by atoms with van der Waals surface area (Å²) in [6.45, 7) is 4.17. The number of rotatable bonds is 5. The lowest BCUT2D eigenvalue weighted by Crippen LogP contribution is -2.40. The molecule has 3 N–H and O–H groups in total. The van der Waals surface area contributed by atoms with Crippen LogP contribution in [-0.2, 0) is 6.42 Å². The highest BCUT2D eigenvalue weighted by molar-refractivity contribution is 5.95. The summed E-state index contributed by atoms with van der Waals surface area (Å²) in [5, 5.41) is 3.07. The molecule has 1 atom stereocenters. The average molecular weight is 261 g/mol. The fraction of sp³-hybridized carbons (Fsp3) is 0.600. The van der Waals surface area contributed by atoms with Crippen molar-refractivity contribution in [2.24, 2.45) is 5.92 Å². The molecule has 1 aliphatic carbocycles. The third-order valence-corrected chi connectivity index (χ3v) is 3.88. The quantitative estimate of drug-likeness (QED) is 0.855. The number of pyridine rings is 1. The van der Waals surface area contributed by atoms with E-state index in [2.05, 4.69) is 24.1 Å². The Labute approximate surface area is 114 Å². The molecule has 19 heavy (non-hydrogen) atoms. The average Bonchev–Trinajstić information content (AvgIpc) is 2.25. The van der Waals surface area contributed by atoms with Gasteiger partial charge in [0.25, 0.3) is 5.91 Å². The van der Waals surface area contributed by atoms with Crippen LogP contribution < -0.4 is 11.1 Å². The number of amides is 1. The van der Waals surface area contributed by atoms with Gasteiger partial charge in [0, 0.05) is 17.3 Å². The molecule has 1 unspecified atom stereocenters. The number of nitrogens with zero attached hydrogens (tertiary/aromatic N) is 1. The topological polar surface area (TPSA) is 68.0 Å². The van der Waals surface area contributed by atoms with Crippen molar-refractivity contribution in [3.05, 3.63) is 23.4 Å². The maximum absolute atomic E-state index is 12.2. The molecule has 2 rings (SSSR count). The summed E-state index contributed by atoms with van der Waals surface area (Å²) in [5.74, 6) is 1.02. The molecule has 1 saturated carbocycles. The van der Waals surface area contributed by atoms with Gasteiger partial charge in [0.2, 0.25) is 0 Å². The predicted molar refractivity (Wildman–Crippen MR) is 76.9 cm³/mol. The molecule has 0 spiro atoms. The SMILES string of the molecule is CCCc1cc(C(=O)NC(C)C2CCC2)cc(N)n1. The number of aromatic nitrogens is 1. The fourth-order valence-electron chi connectivity index (χ4n) is 2.47. The Kier molecular flexibility index (Phi) is 4.40. The summed E-state index contributed by atoms with van der Waals surface area (Å²) in [5.41, 5.74) is 7.28. The van der Waals surface area contributed by atoms with Gasteiger partial charge >= 0.3 is 0 Å². The van der Waals surface area contributed by atoms with Gasteiger partial charge in [-0.2, -0.15) is 0 Å². The molecule has 0 bridgehead atoms. The molecule has 4 heteroatoms. The molecule has 1 aliphatic rings. The molecule has 0 saturated heterocycles. The summed E-state index contributed by atoms with van der Waals surface area (Å²) < 4.78 is 0. The van der Waals surface area contributed by atoms with Crippen molar-refractivity contribution in [2.45, 2.75) is 52.0 Å². The van der Waals surface area contributed by atoms with E-state index in [0.717, 1.165) is 18.5 Å². The van der Waals surface area contributed by atoms with Crippen LogP contribution in [0.15, 0.2) is 12.1 Å². The van der Waals surface area contributed by atoms with Crippen LogP contribution in [0.1, 0.15) is 55.6 Å². The lowest BCUT2D eigenvalue weighted by atomic mass is 9.80. The molecular formula is C15H23N3O. The minimum absolute atomic E-state index is 0.0362. The lowest BCUT2D eigenvalue weighted by molar-refractivity contribution is 0.0909. The summed E-state index contributed by atoms with van der Waals surface area (Å²) in [6, 6.07) is 3.75. The van der Waals surface area contributed by atoms with E-state index in [4.69, 9.17) is 5.73 Å². The number of nitrogen functional groups attached to an aromatic ring is 1. The molecule has 1 aromatic heterocycles. The number of aryl methyl sites for hydroxylation is 1. The molecular weight excluding hydrogens is 238 g/mol. The van der Waals surface area contributed by atoms with Gasteiger partial charge in [0.05, 0.1) is 0 Å². The highest BCUT2D eigenvalue weighted by atomic mass is 16.1. The first kappa shape index (κ1) is 13.8. The Morgan fingerprint density at radius 3 is 2.84 bits per heavy atom. The van der Waals surface area contributed by atoms with Crippen molar-refractivity contribution in [1.82, 2.24) is 10.3 Å². The van der Waals surface area contributed by atoms with Crippen LogP contribution in [-0.4, -0.2) is 16.9 Å². The van der Waals surface area contributed by atoms with Gasteiger partial charge in [0.15, 0.2) is 0 Å². The first-order chi connectivity index (χ1) is 9.10. The van der Waals surface area contributed by atoms with Crippen LogP contribution in [0.5, 0.6) is 0 Å². The van der Waals surface area contributed by atoms with Crippen molar-refractivity contribution in [2.75, 3.05) is 5.73 Å². The Balaban J connectivity index is 2.04. The number of nitrogens with one attached hydrogen (secondary N) is 1. The number of carbonyl (C=O) groups excluding carboxylic acids is 1. The van der Waals surface area contributed by atoms with Crippen LogP contribution in [0.4, 0.5) is 5.82 Å². The van der Waals surface area contributed by atoms with Gasteiger partial charge in [-0.15, -0.1) is 0 Å². The smallest absolute Gasteiger partial charge is 0.251 e. The van der Waals surface area contributed by atoms with Gasteiger partial charge in [-0.1, -0.05) is 19.8 Å². The molecule has 0 aromatic carbocycles. The minimum atomic E-state index is -0.0362. The molecule has 4 nitrogen and oxygen atoms in total. The molecule has 1 fully saturated rings. The van der Waals surface area contributed by atoms with E-state index >= 15 is 0 Å². The third kappa shape index (κ3) is 3.46. The summed E-state index contributed by atoms with van der Waals surface area (Å²) in [6.07, 6.45) is 5.58. The first-order valence-electron chi connectivity index (χ1n) is 7.17. The zero-order valence-electron chi connectivity index (χ0n) is 11.8.